The Labute approximate surface area is 215 Å². The fourth-order valence-corrected chi connectivity index (χ4v) is 5.28. The van der Waals surface area contributed by atoms with Crippen molar-refractivity contribution in [1.29, 1.82) is 0 Å². The lowest BCUT2D eigenvalue weighted by Gasteiger charge is -2.31. The highest BCUT2D eigenvalue weighted by Crippen LogP contribution is 2.49. The third-order valence-electron chi connectivity index (χ3n) is 7.32. The van der Waals surface area contributed by atoms with Gasteiger partial charge in [-0.3, -0.25) is 4.79 Å². The summed E-state index contributed by atoms with van der Waals surface area (Å²) in [6.07, 6.45) is 4.21. The number of hydrogen-bond donors (Lipinski definition) is 3. The van der Waals surface area contributed by atoms with E-state index in [2.05, 4.69) is 62.3 Å². The summed E-state index contributed by atoms with van der Waals surface area (Å²) < 4.78 is 0. The van der Waals surface area contributed by atoms with E-state index in [1.807, 2.05) is 24.3 Å². The van der Waals surface area contributed by atoms with E-state index in [1.54, 1.807) is 0 Å². The third kappa shape index (κ3) is 6.21. The van der Waals surface area contributed by atoms with Crippen LogP contribution in [0.1, 0.15) is 81.9 Å². The monoisotopic (exact) mass is 491 g/mol. The summed E-state index contributed by atoms with van der Waals surface area (Å²) >= 11 is 0. The highest BCUT2D eigenvalue weighted by Gasteiger charge is 2.44. The number of carboxylic acids is 1. The Hall–Kier alpha value is -3.02. The molecule has 0 radical (unpaired) electrons. The van der Waals surface area contributed by atoms with Crippen LogP contribution in [0.15, 0.2) is 36.4 Å². The maximum Gasteiger partial charge on any atom is 0.323 e. The van der Waals surface area contributed by atoms with Crippen molar-refractivity contribution in [2.45, 2.75) is 72.1 Å². The molecule has 2 amide bonds. The Morgan fingerprint density at radius 3 is 2.19 bits per heavy atom. The van der Waals surface area contributed by atoms with Crippen LogP contribution in [-0.4, -0.2) is 30.2 Å². The summed E-state index contributed by atoms with van der Waals surface area (Å²) in [6.45, 7) is 12.6. The Morgan fingerprint density at radius 1 is 0.972 bits per heavy atom. The first-order valence-corrected chi connectivity index (χ1v) is 13.4. The first kappa shape index (κ1) is 26.1. The maximum absolute atomic E-state index is 13.3. The van der Waals surface area contributed by atoms with Crippen LogP contribution in [0, 0.1) is 24.7 Å². The van der Waals surface area contributed by atoms with Gasteiger partial charge in [-0.25, -0.2) is 4.79 Å². The minimum atomic E-state index is -0.750. The fraction of sp³-hybridized carbons (Fsp3) is 0.533. The smallest absolute Gasteiger partial charge is 0.323 e. The molecule has 2 aliphatic rings. The molecule has 0 aliphatic heterocycles. The number of benzene rings is 2. The molecule has 2 unspecified atom stereocenters. The zero-order valence-corrected chi connectivity index (χ0v) is 22.3. The predicted octanol–water partition coefficient (Wildman–Crippen LogP) is 7.21. The SMILES string of the molecule is Cc1ccc(NC(=O)Nc2cc(C3CC3C(=O)O)ccc2N(CC(C)C)CC(C)C)c(C2CCC2)c1. The predicted molar refractivity (Wildman–Crippen MR) is 147 cm³/mol. The van der Waals surface area contributed by atoms with Gasteiger partial charge in [0.2, 0.25) is 0 Å². The first-order chi connectivity index (χ1) is 17.1. The third-order valence-corrected chi connectivity index (χ3v) is 7.32. The van der Waals surface area contributed by atoms with Crippen molar-refractivity contribution in [2.75, 3.05) is 28.6 Å². The van der Waals surface area contributed by atoms with Gasteiger partial charge in [0, 0.05) is 18.8 Å². The maximum atomic E-state index is 13.3. The molecule has 4 rings (SSSR count). The zero-order chi connectivity index (χ0) is 26.0. The lowest BCUT2D eigenvalue weighted by molar-refractivity contribution is -0.138. The molecule has 2 saturated carbocycles. The summed E-state index contributed by atoms with van der Waals surface area (Å²) in [4.78, 5) is 27.1. The van der Waals surface area contributed by atoms with Crippen LogP contribution < -0.4 is 15.5 Å². The lowest BCUT2D eigenvalue weighted by Crippen LogP contribution is -2.32. The second kappa shape index (κ2) is 10.9. The number of carbonyl (C=O) groups excluding carboxylic acids is 1. The largest absolute Gasteiger partial charge is 0.481 e. The number of hydrogen-bond acceptors (Lipinski definition) is 3. The van der Waals surface area contributed by atoms with Crippen LogP contribution in [0.3, 0.4) is 0 Å². The molecule has 2 aromatic rings. The van der Waals surface area contributed by atoms with E-state index in [0.29, 0.717) is 24.2 Å². The van der Waals surface area contributed by atoms with Crippen molar-refractivity contribution >= 4 is 29.1 Å². The van der Waals surface area contributed by atoms with Crippen LogP contribution in [0.4, 0.5) is 21.9 Å². The quantitative estimate of drug-likeness (QED) is 0.328. The standard InChI is InChI=1S/C30H41N3O3/c1-18(2)16-33(17-19(3)4)28-12-10-22(23-15-25(23)29(34)35)14-27(28)32-30(36)31-26-11-9-20(5)13-24(26)21-7-6-8-21/h9-14,18-19,21,23,25H,6-8,15-17H2,1-5H3,(H,34,35)(H2,31,32,36). The molecule has 2 fully saturated rings. The highest BCUT2D eigenvalue weighted by molar-refractivity contribution is 6.02. The number of carboxylic acid groups (broad SMARTS) is 1. The van der Waals surface area contributed by atoms with Gasteiger partial charge in [-0.1, -0.05) is 57.9 Å². The van der Waals surface area contributed by atoms with E-state index in [-0.39, 0.29) is 17.9 Å². The molecular formula is C30H41N3O3. The number of urea groups is 1. The average molecular weight is 492 g/mol. The van der Waals surface area contributed by atoms with Crippen molar-refractivity contribution in [3.63, 3.8) is 0 Å². The molecule has 0 heterocycles. The van der Waals surface area contributed by atoms with Crippen LogP contribution >= 0.6 is 0 Å². The Balaban J connectivity index is 1.61. The van der Waals surface area contributed by atoms with E-state index in [1.165, 1.54) is 17.5 Å². The van der Waals surface area contributed by atoms with E-state index >= 15 is 0 Å². The molecule has 36 heavy (non-hydrogen) atoms. The van der Waals surface area contributed by atoms with Crippen LogP contribution in [0.5, 0.6) is 0 Å². The summed E-state index contributed by atoms with van der Waals surface area (Å²) in [7, 11) is 0. The second-order valence-corrected chi connectivity index (χ2v) is 11.6. The molecule has 0 aromatic heterocycles. The number of nitrogens with one attached hydrogen (secondary N) is 2. The van der Waals surface area contributed by atoms with E-state index < -0.39 is 5.97 Å². The Kier molecular flexibility index (Phi) is 7.91. The number of nitrogens with zero attached hydrogens (tertiary/aromatic N) is 1. The van der Waals surface area contributed by atoms with Gasteiger partial charge >= 0.3 is 12.0 Å². The summed E-state index contributed by atoms with van der Waals surface area (Å²) in [5.74, 6) is 0.351. The number of carbonyl (C=O) groups is 2. The fourth-order valence-electron chi connectivity index (χ4n) is 5.28. The van der Waals surface area contributed by atoms with Crippen molar-refractivity contribution in [3.05, 3.63) is 53.1 Å². The molecule has 2 aliphatic carbocycles. The summed E-state index contributed by atoms with van der Waals surface area (Å²) in [5, 5.41) is 15.7. The highest BCUT2D eigenvalue weighted by atomic mass is 16.4. The van der Waals surface area contributed by atoms with Crippen molar-refractivity contribution in [1.82, 2.24) is 0 Å². The Morgan fingerprint density at radius 2 is 1.64 bits per heavy atom. The summed E-state index contributed by atoms with van der Waals surface area (Å²) in [5.41, 5.74) is 5.98. The Bertz CT molecular complexity index is 1100. The molecular weight excluding hydrogens is 450 g/mol. The first-order valence-electron chi connectivity index (χ1n) is 13.4. The number of rotatable bonds is 10. The van der Waals surface area contributed by atoms with E-state index in [0.717, 1.165) is 48.6 Å². The van der Waals surface area contributed by atoms with Crippen LogP contribution in [-0.2, 0) is 4.79 Å². The molecule has 194 valence electrons. The molecule has 0 bridgehead atoms. The van der Waals surface area contributed by atoms with Gasteiger partial charge in [0.1, 0.15) is 0 Å². The number of aliphatic carboxylic acids is 1. The van der Waals surface area contributed by atoms with Crippen molar-refractivity contribution in [2.24, 2.45) is 17.8 Å². The summed E-state index contributed by atoms with van der Waals surface area (Å²) in [6, 6.07) is 12.0. The molecule has 2 atom stereocenters. The molecule has 2 aromatic carbocycles. The normalized spacial score (nSPS) is 19.2. The number of amides is 2. The molecule has 0 spiro atoms. The van der Waals surface area contributed by atoms with Gasteiger partial charge in [-0.2, -0.15) is 0 Å². The minimum Gasteiger partial charge on any atom is -0.481 e. The molecule has 6 nitrogen and oxygen atoms in total. The van der Waals surface area contributed by atoms with Crippen LogP contribution in [0.25, 0.3) is 0 Å². The minimum absolute atomic E-state index is 0.00567. The van der Waals surface area contributed by atoms with Gasteiger partial charge in [-0.15, -0.1) is 0 Å². The number of aryl methyl sites for hydroxylation is 1. The topological polar surface area (TPSA) is 81.7 Å². The van der Waals surface area contributed by atoms with Gasteiger partial charge in [0.05, 0.1) is 17.3 Å². The molecule has 0 saturated heterocycles. The van der Waals surface area contributed by atoms with E-state index in [9.17, 15) is 14.7 Å². The molecule has 3 N–H and O–H groups in total. The average Bonchev–Trinajstić information content (AvgIpc) is 3.54. The van der Waals surface area contributed by atoms with Crippen LogP contribution in [0.2, 0.25) is 0 Å². The molecule has 6 heteroatoms. The van der Waals surface area contributed by atoms with Gasteiger partial charge in [-0.05, 0) is 79.2 Å². The van der Waals surface area contributed by atoms with Gasteiger partial charge in [0.25, 0.3) is 0 Å². The van der Waals surface area contributed by atoms with Gasteiger partial charge in [0.15, 0.2) is 0 Å². The van der Waals surface area contributed by atoms with E-state index in [4.69, 9.17) is 0 Å². The zero-order valence-electron chi connectivity index (χ0n) is 22.3. The van der Waals surface area contributed by atoms with Crippen molar-refractivity contribution < 1.29 is 14.7 Å². The number of anilines is 3. The van der Waals surface area contributed by atoms with Crippen molar-refractivity contribution in [3.8, 4) is 0 Å². The van der Waals surface area contributed by atoms with Gasteiger partial charge < -0.3 is 20.6 Å². The second-order valence-electron chi connectivity index (χ2n) is 11.6. The lowest BCUT2D eigenvalue weighted by atomic mass is 9.79.